The molecule has 0 saturated carbocycles. The zero-order valence-electron chi connectivity index (χ0n) is 14.7. The third kappa shape index (κ3) is 2.61. The first-order valence-corrected chi connectivity index (χ1v) is 8.83. The molecule has 6 nitrogen and oxygen atoms in total. The van der Waals surface area contributed by atoms with Crippen molar-refractivity contribution in [1.29, 1.82) is 5.26 Å². The molecule has 0 aliphatic carbocycles. The molecule has 0 atom stereocenters. The lowest BCUT2D eigenvalue weighted by atomic mass is 10.0. The number of nitriles is 1. The van der Waals surface area contributed by atoms with Crippen LogP contribution in [0.1, 0.15) is 25.5 Å². The van der Waals surface area contributed by atoms with E-state index in [-0.39, 0.29) is 0 Å². The number of aromatic nitrogens is 3. The molecule has 128 valence electrons. The van der Waals surface area contributed by atoms with E-state index in [9.17, 15) is 5.26 Å². The lowest BCUT2D eigenvalue weighted by Crippen LogP contribution is -2.43. The average Bonchev–Trinajstić information content (AvgIpc) is 3.05. The quantitative estimate of drug-likeness (QED) is 0.797. The van der Waals surface area contributed by atoms with Crippen molar-refractivity contribution in [2.75, 3.05) is 31.6 Å². The molecule has 25 heavy (non-hydrogen) atoms. The van der Waals surface area contributed by atoms with Gasteiger partial charge in [0.2, 0.25) is 0 Å². The number of hydrogen-bond acceptors (Lipinski definition) is 5. The second-order valence-corrected chi connectivity index (χ2v) is 6.66. The van der Waals surface area contributed by atoms with Crippen molar-refractivity contribution in [1.82, 2.24) is 19.9 Å². The summed E-state index contributed by atoms with van der Waals surface area (Å²) in [5, 5.41) is 11.7. The summed E-state index contributed by atoms with van der Waals surface area (Å²) in [6, 6.07) is 6.70. The van der Waals surface area contributed by atoms with Crippen molar-refractivity contribution in [2.24, 2.45) is 0 Å². The van der Waals surface area contributed by atoms with Gasteiger partial charge in [-0.2, -0.15) is 5.26 Å². The van der Waals surface area contributed by atoms with Crippen molar-refractivity contribution >= 4 is 27.6 Å². The van der Waals surface area contributed by atoms with E-state index in [1.807, 2.05) is 6.07 Å². The number of fused-ring (bicyclic) bond motifs is 3. The third-order valence-corrected chi connectivity index (χ3v) is 5.39. The maximum atomic E-state index is 9.64. The van der Waals surface area contributed by atoms with E-state index in [1.54, 1.807) is 12.4 Å². The molecule has 1 aliphatic rings. The summed E-state index contributed by atoms with van der Waals surface area (Å²) in [6.07, 6.45) is 5.73. The van der Waals surface area contributed by atoms with Crippen LogP contribution < -0.4 is 4.90 Å². The van der Waals surface area contributed by atoms with Crippen molar-refractivity contribution in [2.45, 2.75) is 25.8 Å². The highest BCUT2D eigenvalue weighted by molar-refractivity contribution is 6.13. The number of H-pyrrole nitrogens is 1. The summed E-state index contributed by atoms with van der Waals surface area (Å²) in [5.74, 6) is 0. The molecule has 1 N–H and O–H groups in total. The first-order valence-electron chi connectivity index (χ1n) is 8.83. The highest BCUT2D eigenvalue weighted by Gasteiger charge is 2.26. The van der Waals surface area contributed by atoms with Gasteiger partial charge in [0, 0.05) is 43.1 Å². The Morgan fingerprint density at radius 1 is 1.36 bits per heavy atom. The minimum absolute atomic E-state index is 0.420. The van der Waals surface area contributed by atoms with Gasteiger partial charge in [-0.05, 0) is 31.5 Å². The highest BCUT2D eigenvalue weighted by atomic mass is 15.2. The molecule has 0 bridgehead atoms. The Balaban J connectivity index is 1.83. The van der Waals surface area contributed by atoms with Gasteiger partial charge in [0.15, 0.2) is 5.69 Å². The minimum Gasteiger partial charge on any atom is -0.369 e. The number of nitrogens with zero attached hydrogens (tertiary/aromatic N) is 5. The summed E-state index contributed by atoms with van der Waals surface area (Å²) in [5.41, 5.74) is 3.18. The van der Waals surface area contributed by atoms with Crippen molar-refractivity contribution in [3.05, 3.63) is 30.2 Å². The fourth-order valence-corrected chi connectivity index (χ4v) is 3.93. The highest BCUT2D eigenvalue weighted by Crippen LogP contribution is 2.36. The van der Waals surface area contributed by atoms with Gasteiger partial charge in [-0.25, -0.2) is 9.97 Å². The van der Waals surface area contributed by atoms with Gasteiger partial charge in [0.25, 0.3) is 0 Å². The van der Waals surface area contributed by atoms with Crippen LogP contribution in [0.4, 0.5) is 5.69 Å². The molecule has 0 spiro atoms. The van der Waals surface area contributed by atoms with Crippen molar-refractivity contribution < 1.29 is 0 Å². The Labute approximate surface area is 147 Å². The number of piperidine rings is 1. The number of pyridine rings is 2. The Hall–Kier alpha value is -2.65. The Morgan fingerprint density at radius 3 is 2.88 bits per heavy atom. The van der Waals surface area contributed by atoms with Gasteiger partial charge >= 0.3 is 0 Å². The predicted molar refractivity (Wildman–Crippen MR) is 99.6 cm³/mol. The van der Waals surface area contributed by atoms with Gasteiger partial charge in [0.05, 0.1) is 17.4 Å². The van der Waals surface area contributed by atoms with E-state index in [0.29, 0.717) is 11.7 Å². The lowest BCUT2D eigenvalue weighted by Gasteiger charge is -2.37. The summed E-state index contributed by atoms with van der Waals surface area (Å²) in [7, 11) is 2.10. The molecule has 6 heteroatoms. The Bertz CT molecular complexity index is 946. The first-order chi connectivity index (χ1) is 12.2. The fraction of sp³-hybridized carbons (Fsp3) is 0.421. The maximum absolute atomic E-state index is 9.64. The van der Waals surface area contributed by atoms with Gasteiger partial charge in [-0.3, -0.25) is 0 Å². The van der Waals surface area contributed by atoms with Crippen molar-refractivity contribution in [3.63, 3.8) is 0 Å². The van der Waals surface area contributed by atoms with Crippen molar-refractivity contribution in [3.8, 4) is 6.07 Å². The second kappa shape index (κ2) is 6.34. The largest absolute Gasteiger partial charge is 0.369 e. The smallest absolute Gasteiger partial charge is 0.164 e. The van der Waals surface area contributed by atoms with Crippen LogP contribution in [0, 0.1) is 11.3 Å². The van der Waals surface area contributed by atoms with Gasteiger partial charge < -0.3 is 14.8 Å². The Morgan fingerprint density at radius 2 is 2.16 bits per heavy atom. The van der Waals surface area contributed by atoms with Crippen LogP contribution in [-0.2, 0) is 0 Å². The molecule has 0 unspecified atom stereocenters. The molecule has 1 saturated heterocycles. The summed E-state index contributed by atoms with van der Waals surface area (Å²) in [4.78, 5) is 16.9. The van der Waals surface area contributed by atoms with E-state index in [4.69, 9.17) is 0 Å². The van der Waals surface area contributed by atoms with Crippen LogP contribution in [0.2, 0.25) is 0 Å². The molecular formula is C19H22N6. The van der Waals surface area contributed by atoms with Crippen LogP contribution in [0.15, 0.2) is 24.5 Å². The van der Waals surface area contributed by atoms with Crippen LogP contribution in [0.5, 0.6) is 0 Å². The normalized spacial score (nSPS) is 16.4. The predicted octanol–water partition coefficient (Wildman–Crippen LogP) is 2.90. The summed E-state index contributed by atoms with van der Waals surface area (Å²) >= 11 is 0. The fourth-order valence-electron chi connectivity index (χ4n) is 3.93. The van der Waals surface area contributed by atoms with E-state index in [2.05, 4.69) is 50.9 Å². The summed E-state index contributed by atoms with van der Waals surface area (Å²) < 4.78 is 0. The van der Waals surface area contributed by atoms with E-state index in [0.717, 1.165) is 60.1 Å². The second-order valence-electron chi connectivity index (χ2n) is 6.66. The molecule has 4 rings (SSSR count). The lowest BCUT2D eigenvalue weighted by molar-refractivity contribution is 0.221. The molecule has 0 amide bonds. The monoisotopic (exact) mass is 334 g/mol. The van der Waals surface area contributed by atoms with Crippen LogP contribution in [-0.4, -0.2) is 52.6 Å². The molecular weight excluding hydrogens is 312 g/mol. The van der Waals surface area contributed by atoms with E-state index in [1.165, 1.54) is 0 Å². The van der Waals surface area contributed by atoms with E-state index >= 15 is 0 Å². The van der Waals surface area contributed by atoms with Gasteiger partial charge in [0.1, 0.15) is 11.7 Å². The first kappa shape index (κ1) is 15.9. The van der Waals surface area contributed by atoms with E-state index < -0.39 is 0 Å². The molecule has 0 radical (unpaired) electrons. The zero-order valence-corrected chi connectivity index (χ0v) is 14.7. The average molecular weight is 334 g/mol. The maximum Gasteiger partial charge on any atom is 0.164 e. The minimum atomic E-state index is 0.420. The molecule has 1 aliphatic heterocycles. The molecule has 1 fully saturated rings. The number of anilines is 1. The van der Waals surface area contributed by atoms with Gasteiger partial charge in [-0.1, -0.05) is 6.92 Å². The molecule has 0 aromatic carbocycles. The number of aromatic amines is 1. The molecule has 3 aromatic heterocycles. The van der Waals surface area contributed by atoms with Crippen LogP contribution in [0.25, 0.3) is 21.9 Å². The Kier molecular flexibility index (Phi) is 4.02. The van der Waals surface area contributed by atoms with Gasteiger partial charge in [-0.15, -0.1) is 0 Å². The zero-order chi connectivity index (χ0) is 17.4. The topological polar surface area (TPSA) is 71.8 Å². The number of nitrogens with one attached hydrogen (secondary N) is 1. The van der Waals surface area contributed by atoms with Crippen LogP contribution >= 0.6 is 0 Å². The molecule has 3 aromatic rings. The SMILES string of the molecule is CCN1CCC(N(C)c2c(C#N)ncc3[nH]c4ncccc4c23)CC1. The summed E-state index contributed by atoms with van der Waals surface area (Å²) in [6.45, 7) is 5.52. The number of rotatable bonds is 3. The number of likely N-dealkylation sites (tertiary alicyclic amines) is 1. The standard InChI is InChI=1S/C19H22N6/c1-3-25-9-6-13(7-10-25)24(2)18-15(11-20)22-12-16-17(18)14-5-4-8-21-19(14)23-16/h4-5,8,12-13H,3,6-7,9-10H2,1-2H3,(H,21,23). The van der Waals surface area contributed by atoms with Crippen LogP contribution in [0.3, 0.4) is 0 Å². The third-order valence-electron chi connectivity index (χ3n) is 5.39. The number of hydrogen-bond donors (Lipinski definition) is 1. The molecule has 4 heterocycles.